The number of anilines is 2. The van der Waals surface area contributed by atoms with Crippen LogP contribution in [0.2, 0.25) is 0 Å². The summed E-state index contributed by atoms with van der Waals surface area (Å²) in [6.45, 7) is 1.49. The first-order valence-electron chi connectivity index (χ1n) is 10.6. The molecule has 0 heterocycles. The van der Waals surface area contributed by atoms with Crippen molar-refractivity contribution in [2.45, 2.75) is 21.6 Å². The van der Waals surface area contributed by atoms with E-state index < -0.39 is 62.4 Å². The molecule has 0 fully saturated rings. The Bertz CT molecular complexity index is 1840. The van der Waals surface area contributed by atoms with Crippen LogP contribution in [0.4, 0.5) is 17.1 Å². The van der Waals surface area contributed by atoms with Crippen molar-refractivity contribution >= 4 is 59.2 Å². The third kappa shape index (κ3) is 7.52. The van der Waals surface area contributed by atoms with Gasteiger partial charge in [0.25, 0.3) is 42.2 Å². The van der Waals surface area contributed by atoms with Crippen LogP contribution < -0.4 is 10.6 Å². The number of aryl methyl sites for hydroxylation is 1. The standard InChI is InChI=1S/C22H20N4O11S3/c1-12-5-13(7-16(6-12)38(29,30)31)21(27)24-19-4-3-15(26-23-2)10-20(19)25-22(28)14-8-17(39(32,33)34)11-18(9-14)40(35,36)37/h3-11H,1-2H3,(H,24,27)(H,25,28)(H,29,30,31)(H,32,33,34)(H,35,36,37). The van der Waals surface area contributed by atoms with Gasteiger partial charge in [0.1, 0.15) is 0 Å². The number of amides is 2. The molecule has 15 nitrogen and oxygen atoms in total. The van der Waals surface area contributed by atoms with Crippen LogP contribution in [0.1, 0.15) is 26.3 Å². The molecule has 5 N–H and O–H groups in total. The molecule has 0 atom stereocenters. The minimum absolute atomic E-state index is 0.0655. The number of nitrogens with one attached hydrogen (secondary N) is 2. The second-order valence-electron chi connectivity index (χ2n) is 8.09. The summed E-state index contributed by atoms with van der Waals surface area (Å²) in [5, 5.41) is 12.2. The lowest BCUT2D eigenvalue weighted by Gasteiger charge is -2.14. The average molecular weight is 613 g/mol. The summed E-state index contributed by atoms with van der Waals surface area (Å²) in [6.07, 6.45) is 0. The maximum Gasteiger partial charge on any atom is 0.294 e. The first-order chi connectivity index (χ1) is 18.4. The Hall–Kier alpha value is -4.07. The summed E-state index contributed by atoms with van der Waals surface area (Å²) in [4.78, 5) is 23.4. The smallest absolute Gasteiger partial charge is 0.294 e. The van der Waals surface area contributed by atoms with Gasteiger partial charge in [0.05, 0.1) is 31.7 Å². The molecule has 40 heavy (non-hydrogen) atoms. The Morgan fingerprint density at radius 3 is 1.57 bits per heavy atom. The van der Waals surface area contributed by atoms with E-state index in [2.05, 4.69) is 20.9 Å². The van der Waals surface area contributed by atoms with Crippen LogP contribution in [-0.4, -0.2) is 57.8 Å². The summed E-state index contributed by atoms with van der Waals surface area (Å²) >= 11 is 0. The summed E-state index contributed by atoms with van der Waals surface area (Å²) in [5.41, 5.74) is -0.466. The molecule has 0 aromatic heterocycles. The molecule has 212 valence electrons. The molecule has 3 aromatic rings. The van der Waals surface area contributed by atoms with Crippen LogP contribution in [0.25, 0.3) is 0 Å². The first kappa shape index (κ1) is 30.5. The molecule has 0 saturated carbocycles. The van der Waals surface area contributed by atoms with Gasteiger partial charge in [-0.1, -0.05) is 0 Å². The minimum Gasteiger partial charge on any atom is -0.320 e. The van der Waals surface area contributed by atoms with Gasteiger partial charge in [0, 0.05) is 18.2 Å². The molecule has 0 saturated heterocycles. The average Bonchev–Trinajstić information content (AvgIpc) is 2.83. The van der Waals surface area contributed by atoms with E-state index in [1.165, 1.54) is 38.2 Å². The highest BCUT2D eigenvalue weighted by molar-refractivity contribution is 7.86. The van der Waals surface area contributed by atoms with Gasteiger partial charge in [-0.05, 0) is 67.1 Å². The van der Waals surface area contributed by atoms with Crippen molar-refractivity contribution in [1.29, 1.82) is 0 Å². The highest BCUT2D eigenvalue weighted by Crippen LogP contribution is 2.30. The van der Waals surface area contributed by atoms with Gasteiger partial charge in [-0.25, -0.2) is 0 Å². The van der Waals surface area contributed by atoms with Crippen molar-refractivity contribution in [3.63, 3.8) is 0 Å². The molecule has 0 spiro atoms. The lowest BCUT2D eigenvalue weighted by Crippen LogP contribution is -2.18. The third-order valence-corrected chi connectivity index (χ3v) is 7.56. The zero-order valence-corrected chi connectivity index (χ0v) is 22.9. The van der Waals surface area contributed by atoms with Crippen molar-refractivity contribution in [2.75, 3.05) is 17.7 Å². The monoisotopic (exact) mass is 612 g/mol. The van der Waals surface area contributed by atoms with Gasteiger partial charge in [-0.15, -0.1) is 0 Å². The van der Waals surface area contributed by atoms with Gasteiger partial charge >= 0.3 is 0 Å². The van der Waals surface area contributed by atoms with Crippen molar-refractivity contribution in [2.24, 2.45) is 10.2 Å². The van der Waals surface area contributed by atoms with Crippen molar-refractivity contribution in [3.8, 4) is 0 Å². The zero-order valence-electron chi connectivity index (χ0n) is 20.4. The van der Waals surface area contributed by atoms with Gasteiger partial charge in [-0.2, -0.15) is 35.5 Å². The van der Waals surface area contributed by atoms with Gasteiger partial charge in [-0.3, -0.25) is 23.2 Å². The van der Waals surface area contributed by atoms with E-state index in [1.807, 2.05) is 0 Å². The van der Waals surface area contributed by atoms with Crippen LogP contribution in [0, 0.1) is 6.92 Å². The number of rotatable bonds is 8. The quantitative estimate of drug-likeness (QED) is 0.183. The fourth-order valence-corrected chi connectivity index (χ4v) is 5.13. The molecule has 0 unspecified atom stereocenters. The predicted octanol–water partition coefficient (Wildman–Crippen LogP) is 2.95. The van der Waals surface area contributed by atoms with E-state index in [4.69, 9.17) is 0 Å². The highest BCUT2D eigenvalue weighted by atomic mass is 32.2. The number of hydrogen-bond donors (Lipinski definition) is 5. The molecular formula is C22H20N4O11S3. The normalized spacial score (nSPS) is 12.3. The number of hydrogen-bond acceptors (Lipinski definition) is 10. The van der Waals surface area contributed by atoms with Crippen LogP contribution in [-0.2, 0) is 30.4 Å². The fraction of sp³-hybridized carbons (Fsp3) is 0.0909. The van der Waals surface area contributed by atoms with E-state index in [9.17, 15) is 48.5 Å². The summed E-state index contributed by atoms with van der Waals surface area (Å²) in [5.74, 6) is -1.98. The Kier molecular flexibility index (Phi) is 8.53. The third-order valence-electron chi connectivity index (χ3n) is 5.06. The lowest BCUT2D eigenvalue weighted by atomic mass is 10.1. The number of benzene rings is 3. The predicted molar refractivity (Wildman–Crippen MR) is 140 cm³/mol. The molecule has 3 rings (SSSR count). The van der Waals surface area contributed by atoms with E-state index in [1.54, 1.807) is 0 Å². The minimum atomic E-state index is -5.00. The highest BCUT2D eigenvalue weighted by Gasteiger charge is 2.22. The topological polar surface area (TPSA) is 246 Å². The molecular weight excluding hydrogens is 592 g/mol. The van der Waals surface area contributed by atoms with Gasteiger partial charge in [0.15, 0.2) is 0 Å². The van der Waals surface area contributed by atoms with Gasteiger partial charge < -0.3 is 10.6 Å². The summed E-state index contributed by atoms with van der Waals surface area (Å²) < 4.78 is 97.6. The SMILES string of the molecule is CN=Nc1ccc(NC(=O)c2cc(C)cc(S(=O)(=O)O)c2)c(NC(=O)c2cc(S(=O)(=O)O)cc(S(=O)(=O)O)c2)c1. The molecule has 0 aliphatic carbocycles. The van der Waals surface area contributed by atoms with Crippen LogP contribution >= 0.6 is 0 Å². The number of carbonyl (C=O) groups is 2. The van der Waals surface area contributed by atoms with E-state index >= 15 is 0 Å². The Labute approximate surface area is 228 Å². The Morgan fingerprint density at radius 1 is 0.650 bits per heavy atom. The molecule has 2 amide bonds. The van der Waals surface area contributed by atoms with E-state index in [0.29, 0.717) is 23.8 Å². The lowest BCUT2D eigenvalue weighted by molar-refractivity contribution is 0.101. The Balaban J connectivity index is 2.06. The van der Waals surface area contributed by atoms with Crippen LogP contribution in [0.15, 0.2) is 79.5 Å². The largest absolute Gasteiger partial charge is 0.320 e. The number of carbonyl (C=O) groups excluding carboxylic acids is 2. The molecule has 0 radical (unpaired) electrons. The first-order valence-corrected chi connectivity index (χ1v) is 15.0. The van der Waals surface area contributed by atoms with E-state index in [0.717, 1.165) is 12.1 Å². The van der Waals surface area contributed by atoms with E-state index in [-0.39, 0.29) is 22.6 Å². The van der Waals surface area contributed by atoms with Crippen molar-refractivity contribution in [1.82, 2.24) is 0 Å². The number of nitrogens with zero attached hydrogens (tertiary/aromatic N) is 2. The molecule has 0 aliphatic heterocycles. The molecule has 3 aromatic carbocycles. The zero-order chi connectivity index (χ0) is 30.0. The van der Waals surface area contributed by atoms with Crippen LogP contribution in [0.3, 0.4) is 0 Å². The Morgan fingerprint density at radius 2 is 1.10 bits per heavy atom. The molecule has 0 aliphatic rings. The fourth-order valence-electron chi connectivity index (χ4n) is 3.34. The van der Waals surface area contributed by atoms with Crippen molar-refractivity contribution in [3.05, 3.63) is 71.3 Å². The maximum absolute atomic E-state index is 13.0. The summed E-state index contributed by atoms with van der Waals surface area (Å²) in [7, 11) is -13.3. The molecule has 18 heteroatoms. The van der Waals surface area contributed by atoms with Gasteiger partial charge in [0.2, 0.25) is 0 Å². The second kappa shape index (κ2) is 11.2. The number of azo groups is 1. The van der Waals surface area contributed by atoms with Crippen molar-refractivity contribution < 1.29 is 48.5 Å². The summed E-state index contributed by atoms with van der Waals surface area (Å²) in [6, 6.07) is 9.09. The maximum atomic E-state index is 13.0. The molecule has 0 bridgehead atoms. The van der Waals surface area contributed by atoms with Crippen LogP contribution in [0.5, 0.6) is 0 Å². The second-order valence-corrected chi connectivity index (χ2v) is 12.4.